The number of para-hydroxylation sites is 1. The van der Waals surface area contributed by atoms with Crippen LogP contribution in [0, 0.1) is 5.82 Å². The Kier molecular flexibility index (Phi) is 5.48. The smallest absolute Gasteiger partial charge is 0.236 e. The molecule has 2 aromatic carbocycles. The van der Waals surface area contributed by atoms with E-state index in [4.69, 9.17) is 5.10 Å². The van der Waals surface area contributed by atoms with Gasteiger partial charge in [0.05, 0.1) is 22.7 Å². The second kappa shape index (κ2) is 8.58. The number of thioether (sulfide) groups is 1. The molecule has 1 saturated carbocycles. The van der Waals surface area contributed by atoms with Crippen LogP contribution >= 0.6 is 11.8 Å². The summed E-state index contributed by atoms with van der Waals surface area (Å²) in [6.45, 7) is 0. The van der Waals surface area contributed by atoms with E-state index in [0.29, 0.717) is 28.3 Å². The number of halogens is 1. The second-order valence-electron chi connectivity index (χ2n) is 7.66. The topological polar surface area (TPSA) is 77.6 Å². The largest absolute Gasteiger partial charge is 0.310 e. The van der Waals surface area contributed by atoms with E-state index in [1.807, 2.05) is 36.4 Å². The van der Waals surface area contributed by atoms with Crippen LogP contribution in [0.1, 0.15) is 24.5 Å². The normalized spacial score (nSPS) is 13.3. The minimum Gasteiger partial charge on any atom is -0.310 e. The fraction of sp³-hybridized carbons (Fsp3) is 0.217. The Morgan fingerprint density at radius 2 is 1.88 bits per heavy atom. The summed E-state index contributed by atoms with van der Waals surface area (Å²) in [5, 5.41) is 16.4. The predicted octanol–water partition coefficient (Wildman–Crippen LogP) is 4.42. The summed E-state index contributed by atoms with van der Waals surface area (Å²) in [7, 11) is 1.76. The van der Waals surface area contributed by atoms with Crippen molar-refractivity contribution in [2.24, 2.45) is 7.05 Å². The molecule has 0 saturated heterocycles. The van der Waals surface area contributed by atoms with Gasteiger partial charge in [0.2, 0.25) is 5.91 Å². The number of anilines is 1. The van der Waals surface area contributed by atoms with Crippen LogP contribution in [-0.4, -0.2) is 36.2 Å². The van der Waals surface area contributed by atoms with E-state index in [-0.39, 0.29) is 17.5 Å². The third-order valence-electron chi connectivity index (χ3n) is 5.27. The molecule has 162 valence electrons. The lowest BCUT2D eigenvalue weighted by atomic mass is 10.2. The molecule has 1 fully saturated rings. The molecular weight excluding hydrogens is 427 g/mol. The highest BCUT2D eigenvalue weighted by molar-refractivity contribution is 7.99. The number of hydrogen-bond donors (Lipinski definition) is 1. The van der Waals surface area contributed by atoms with Crippen LogP contribution in [0.5, 0.6) is 0 Å². The molecule has 0 bridgehead atoms. The van der Waals surface area contributed by atoms with Crippen LogP contribution in [0.25, 0.3) is 17.1 Å². The highest BCUT2D eigenvalue weighted by Crippen LogP contribution is 2.40. The Morgan fingerprint density at radius 3 is 2.62 bits per heavy atom. The lowest BCUT2D eigenvalue weighted by Gasteiger charge is -2.09. The molecule has 0 spiro atoms. The SMILES string of the molecule is Cn1c(SCC(=O)Nc2cc(C3CC3)nn2-c2ccccc2)nnc1-c1ccccc1F. The van der Waals surface area contributed by atoms with E-state index in [2.05, 4.69) is 15.5 Å². The monoisotopic (exact) mass is 448 g/mol. The zero-order valence-electron chi connectivity index (χ0n) is 17.4. The molecule has 4 aromatic rings. The first-order chi connectivity index (χ1) is 15.6. The molecule has 7 nitrogen and oxygen atoms in total. The van der Waals surface area contributed by atoms with E-state index in [1.54, 1.807) is 34.5 Å². The lowest BCUT2D eigenvalue weighted by Crippen LogP contribution is -2.17. The van der Waals surface area contributed by atoms with Gasteiger partial charge in [-0.25, -0.2) is 9.07 Å². The van der Waals surface area contributed by atoms with Gasteiger partial charge in [0, 0.05) is 19.0 Å². The average molecular weight is 449 g/mol. The minimum absolute atomic E-state index is 0.141. The van der Waals surface area contributed by atoms with Gasteiger partial charge in [-0.15, -0.1) is 10.2 Å². The third-order valence-corrected chi connectivity index (χ3v) is 6.29. The Labute approximate surface area is 188 Å². The fourth-order valence-electron chi connectivity index (χ4n) is 3.46. The molecule has 0 unspecified atom stereocenters. The van der Waals surface area contributed by atoms with Crippen LogP contribution in [0.2, 0.25) is 0 Å². The molecule has 0 radical (unpaired) electrons. The number of benzene rings is 2. The maximum Gasteiger partial charge on any atom is 0.236 e. The van der Waals surface area contributed by atoms with Crippen molar-refractivity contribution in [1.29, 1.82) is 0 Å². The van der Waals surface area contributed by atoms with Gasteiger partial charge in [-0.05, 0) is 37.1 Å². The first-order valence-corrected chi connectivity index (χ1v) is 11.3. The highest BCUT2D eigenvalue weighted by atomic mass is 32.2. The molecule has 1 amide bonds. The molecule has 0 atom stereocenters. The number of amides is 1. The van der Waals surface area contributed by atoms with Crippen molar-refractivity contribution in [3.8, 4) is 17.1 Å². The summed E-state index contributed by atoms with van der Waals surface area (Å²) in [5.74, 6) is 1.14. The van der Waals surface area contributed by atoms with Crippen molar-refractivity contribution >= 4 is 23.5 Å². The zero-order chi connectivity index (χ0) is 22.1. The van der Waals surface area contributed by atoms with Crippen LogP contribution < -0.4 is 5.32 Å². The van der Waals surface area contributed by atoms with E-state index < -0.39 is 0 Å². The van der Waals surface area contributed by atoms with E-state index in [1.165, 1.54) is 17.8 Å². The first-order valence-electron chi connectivity index (χ1n) is 10.3. The standard InChI is InChI=1S/C23H21FN6OS/c1-29-22(17-9-5-6-10-18(17)24)26-27-23(29)32-14-21(31)25-20-13-19(15-11-12-15)28-30(20)16-7-3-2-4-8-16/h2-10,13,15H,11-12,14H2,1H3,(H,25,31). The number of rotatable bonds is 7. The summed E-state index contributed by atoms with van der Waals surface area (Å²) in [4.78, 5) is 12.7. The molecule has 32 heavy (non-hydrogen) atoms. The molecule has 1 N–H and O–H groups in total. The van der Waals surface area contributed by atoms with Crippen LogP contribution in [0.15, 0.2) is 65.8 Å². The fourth-order valence-corrected chi connectivity index (χ4v) is 4.17. The quantitative estimate of drug-likeness (QED) is 0.424. The number of nitrogens with one attached hydrogen (secondary N) is 1. The second-order valence-corrected chi connectivity index (χ2v) is 8.60. The number of aromatic nitrogens is 5. The zero-order valence-corrected chi connectivity index (χ0v) is 18.2. The Morgan fingerprint density at radius 1 is 1.12 bits per heavy atom. The van der Waals surface area contributed by atoms with Gasteiger partial charge >= 0.3 is 0 Å². The van der Waals surface area contributed by atoms with Gasteiger partial charge in [-0.3, -0.25) is 4.79 Å². The van der Waals surface area contributed by atoms with E-state index >= 15 is 0 Å². The molecule has 0 aliphatic heterocycles. The van der Waals surface area contributed by atoms with Crippen LogP contribution in [-0.2, 0) is 11.8 Å². The van der Waals surface area contributed by atoms with Crippen molar-refractivity contribution in [2.45, 2.75) is 23.9 Å². The van der Waals surface area contributed by atoms with Gasteiger partial charge in [0.1, 0.15) is 11.6 Å². The van der Waals surface area contributed by atoms with Crippen molar-refractivity contribution < 1.29 is 9.18 Å². The molecule has 1 aliphatic rings. The van der Waals surface area contributed by atoms with Gasteiger partial charge in [0.25, 0.3) is 0 Å². The summed E-state index contributed by atoms with van der Waals surface area (Å²) < 4.78 is 17.6. The first kappa shape index (κ1) is 20.4. The van der Waals surface area contributed by atoms with Crippen molar-refractivity contribution in [3.05, 3.63) is 72.2 Å². The van der Waals surface area contributed by atoms with Crippen LogP contribution in [0.3, 0.4) is 0 Å². The average Bonchev–Trinajstić information content (AvgIpc) is 3.48. The molecular formula is C23H21FN6OS. The summed E-state index contributed by atoms with van der Waals surface area (Å²) >= 11 is 1.25. The van der Waals surface area contributed by atoms with Gasteiger partial charge in [-0.2, -0.15) is 5.10 Å². The lowest BCUT2D eigenvalue weighted by molar-refractivity contribution is -0.113. The predicted molar refractivity (Wildman–Crippen MR) is 121 cm³/mol. The Bertz CT molecular complexity index is 1260. The summed E-state index contributed by atoms with van der Waals surface area (Å²) in [6.07, 6.45) is 2.26. The van der Waals surface area contributed by atoms with Gasteiger partial charge in [-0.1, -0.05) is 42.1 Å². The third kappa shape index (κ3) is 4.16. The number of carbonyl (C=O) groups excluding carboxylic acids is 1. The van der Waals surface area contributed by atoms with Crippen molar-refractivity contribution in [3.63, 3.8) is 0 Å². The molecule has 2 heterocycles. The van der Waals surface area contributed by atoms with E-state index in [0.717, 1.165) is 24.2 Å². The summed E-state index contributed by atoms with van der Waals surface area (Å²) in [6, 6.07) is 18.1. The van der Waals surface area contributed by atoms with Gasteiger partial charge in [0.15, 0.2) is 11.0 Å². The summed E-state index contributed by atoms with van der Waals surface area (Å²) in [5.41, 5.74) is 2.27. The van der Waals surface area contributed by atoms with Crippen molar-refractivity contribution in [1.82, 2.24) is 24.5 Å². The highest BCUT2D eigenvalue weighted by Gasteiger charge is 2.28. The molecule has 1 aliphatic carbocycles. The van der Waals surface area contributed by atoms with E-state index in [9.17, 15) is 9.18 Å². The Hall–Kier alpha value is -3.46. The molecule has 9 heteroatoms. The number of nitrogens with zero attached hydrogens (tertiary/aromatic N) is 5. The number of carbonyl (C=O) groups is 1. The molecule has 2 aromatic heterocycles. The minimum atomic E-state index is -0.363. The van der Waals surface area contributed by atoms with Crippen LogP contribution in [0.4, 0.5) is 10.2 Å². The molecule has 5 rings (SSSR count). The van der Waals surface area contributed by atoms with Gasteiger partial charge < -0.3 is 9.88 Å². The van der Waals surface area contributed by atoms with Crippen molar-refractivity contribution in [2.75, 3.05) is 11.1 Å². The maximum atomic E-state index is 14.1. The Balaban J connectivity index is 1.30. The maximum absolute atomic E-state index is 14.1. The number of hydrogen-bond acceptors (Lipinski definition) is 5.